The average molecular weight is 577 g/mol. The lowest BCUT2D eigenvalue weighted by atomic mass is 10.2. The monoisotopic (exact) mass is 576 g/mol. The first kappa shape index (κ1) is 39.4. The molecule has 0 radical (unpaired) electrons. The van der Waals surface area contributed by atoms with Crippen molar-refractivity contribution in [3.8, 4) is 0 Å². The molecule has 0 saturated carbocycles. The molecule has 0 heterocycles. The zero-order valence-corrected chi connectivity index (χ0v) is 25.5. The quantitative estimate of drug-likeness (QED) is 0.156. The fourth-order valence-electron chi connectivity index (χ4n) is 3.22. The predicted molar refractivity (Wildman–Crippen MR) is 175 cm³/mol. The van der Waals surface area contributed by atoms with E-state index < -0.39 is 0 Å². The minimum Gasteiger partial charge on any atom is -0.332 e. The van der Waals surface area contributed by atoms with Gasteiger partial charge in [-0.25, -0.2) is 0 Å². The number of carbonyl (C=O) groups excluding carboxylic acids is 4. The molecule has 0 aromatic rings. The van der Waals surface area contributed by atoms with Crippen LogP contribution in [-0.4, -0.2) is 95.6 Å². The smallest absolute Gasteiger partial charge is 0.249 e. The van der Waals surface area contributed by atoms with E-state index in [2.05, 4.69) is 52.6 Å². The number of hydrogen-bond donors (Lipinski definition) is 0. The second kappa shape index (κ2) is 24.1. The molecular weight excluding hydrogens is 528 g/mol. The van der Waals surface area contributed by atoms with Crippen molar-refractivity contribution in [3.05, 3.63) is 125 Å². The van der Waals surface area contributed by atoms with Crippen LogP contribution in [-0.2, 0) is 19.2 Å². The van der Waals surface area contributed by atoms with Crippen LogP contribution in [0.15, 0.2) is 125 Å². The molecule has 8 heteroatoms. The van der Waals surface area contributed by atoms with Crippen LogP contribution >= 0.6 is 0 Å². The zero-order chi connectivity index (χ0) is 32.5. The van der Waals surface area contributed by atoms with Gasteiger partial charge in [0.2, 0.25) is 23.6 Å². The number of hydrogen-bond acceptors (Lipinski definition) is 4. The van der Waals surface area contributed by atoms with Crippen LogP contribution in [0, 0.1) is 0 Å². The number of nitrogens with zero attached hydrogens (tertiary/aromatic N) is 4. The molecule has 0 aliphatic carbocycles. The first-order chi connectivity index (χ1) is 19.9. The van der Waals surface area contributed by atoms with E-state index in [1.54, 1.807) is 57.8 Å². The molecule has 0 N–H and O–H groups in total. The fraction of sp³-hybridized carbons (Fsp3) is 0.294. The van der Waals surface area contributed by atoms with Crippen LogP contribution in [0.5, 0.6) is 0 Å². The first-order valence-corrected chi connectivity index (χ1v) is 13.4. The highest BCUT2D eigenvalue weighted by atomic mass is 16.2. The van der Waals surface area contributed by atoms with Gasteiger partial charge in [0, 0.05) is 63.5 Å². The van der Waals surface area contributed by atoms with Gasteiger partial charge in [-0.2, -0.15) is 0 Å². The molecule has 0 saturated heterocycles. The molecule has 0 aliphatic heterocycles. The van der Waals surface area contributed by atoms with Crippen molar-refractivity contribution >= 4 is 23.6 Å². The Bertz CT molecular complexity index is 985. The summed E-state index contributed by atoms with van der Waals surface area (Å²) >= 11 is 0. The molecule has 0 atom stereocenters. The summed E-state index contributed by atoms with van der Waals surface area (Å²) in [5.41, 5.74) is 0.974. The average Bonchev–Trinajstić information content (AvgIpc) is 2.97. The largest absolute Gasteiger partial charge is 0.332 e. The van der Waals surface area contributed by atoms with Gasteiger partial charge in [-0.15, -0.1) is 26.3 Å². The molecule has 42 heavy (non-hydrogen) atoms. The molecule has 0 aromatic heterocycles. The summed E-state index contributed by atoms with van der Waals surface area (Å²) < 4.78 is 0. The van der Waals surface area contributed by atoms with Crippen LogP contribution in [0.1, 0.15) is 13.8 Å². The minimum absolute atomic E-state index is 0.106. The van der Waals surface area contributed by atoms with Crippen molar-refractivity contribution in [2.45, 2.75) is 13.8 Å². The van der Waals surface area contributed by atoms with E-state index in [-0.39, 0.29) is 23.6 Å². The summed E-state index contributed by atoms with van der Waals surface area (Å²) in [7, 11) is 0. The van der Waals surface area contributed by atoms with E-state index in [4.69, 9.17) is 0 Å². The van der Waals surface area contributed by atoms with Crippen LogP contribution in [0.2, 0.25) is 0 Å². The van der Waals surface area contributed by atoms with E-state index in [0.29, 0.717) is 63.5 Å². The minimum atomic E-state index is -0.153. The number of rotatable bonds is 20. The van der Waals surface area contributed by atoms with E-state index >= 15 is 0 Å². The van der Waals surface area contributed by atoms with Crippen molar-refractivity contribution in [1.29, 1.82) is 0 Å². The lowest BCUT2D eigenvalue weighted by Crippen LogP contribution is -2.33. The summed E-state index contributed by atoms with van der Waals surface area (Å²) in [5.74, 6) is -0.518. The Morgan fingerprint density at radius 1 is 0.452 bits per heavy atom. The van der Waals surface area contributed by atoms with Crippen molar-refractivity contribution in [2.24, 2.45) is 0 Å². The van der Waals surface area contributed by atoms with Gasteiger partial charge in [-0.1, -0.05) is 74.9 Å². The summed E-state index contributed by atoms with van der Waals surface area (Å²) in [5, 5.41) is 0. The first-order valence-electron chi connectivity index (χ1n) is 13.4. The lowest BCUT2D eigenvalue weighted by molar-refractivity contribution is -0.127. The van der Waals surface area contributed by atoms with Gasteiger partial charge in [0.05, 0.1) is 0 Å². The maximum absolute atomic E-state index is 11.9. The van der Waals surface area contributed by atoms with Crippen molar-refractivity contribution in [2.75, 3.05) is 52.4 Å². The van der Waals surface area contributed by atoms with Gasteiger partial charge in [-0.05, 0) is 26.0 Å². The van der Waals surface area contributed by atoms with E-state index in [1.807, 2.05) is 24.3 Å². The van der Waals surface area contributed by atoms with Gasteiger partial charge in [0.25, 0.3) is 0 Å². The highest BCUT2D eigenvalue weighted by Crippen LogP contribution is 2.02. The fourth-order valence-corrected chi connectivity index (χ4v) is 3.22. The SMILES string of the molecule is C=CCN(C/C=C/CN(CC=C)C(=O)C(=C)C)C(=O)C(=C)C.C=CCN(C/C=C/CN(CC=C)C(=O)C=C)C(=O)C=C. The Morgan fingerprint density at radius 2 is 0.690 bits per heavy atom. The van der Waals surface area contributed by atoms with Crippen molar-refractivity contribution in [3.63, 3.8) is 0 Å². The predicted octanol–water partition coefficient (Wildman–Crippen LogP) is 4.67. The highest BCUT2D eigenvalue weighted by molar-refractivity contribution is 5.93. The Balaban J connectivity index is 0. The normalized spacial score (nSPS) is 9.95. The van der Waals surface area contributed by atoms with Crippen LogP contribution < -0.4 is 0 Å². The summed E-state index contributed by atoms with van der Waals surface area (Å²) in [6.45, 7) is 35.7. The Hall–Kier alpha value is -4.72. The Labute approximate surface area is 253 Å². The topological polar surface area (TPSA) is 81.2 Å². The van der Waals surface area contributed by atoms with E-state index in [1.165, 1.54) is 12.2 Å². The van der Waals surface area contributed by atoms with Gasteiger partial charge < -0.3 is 19.6 Å². The third kappa shape index (κ3) is 17.1. The second-order valence-electron chi connectivity index (χ2n) is 8.97. The third-order valence-corrected chi connectivity index (χ3v) is 5.31. The van der Waals surface area contributed by atoms with Gasteiger partial charge in [0.1, 0.15) is 0 Å². The summed E-state index contributed by atoms with van der Waals surface area (Å²) in [6.07, 6.45) is 16.5. The maximum atomic E-state index is 11.9. The molecule has 0 rings (SSSR count). The highest BCUT2D eigenvalue weighted by Gasteiger charge is 2.12. The molecule has 228 valence electrons. The lowest BCUT2D eigenvalue weighted by Gasteiger charge is -2.21. The Kier molecular flexibility index (Phi) is 22.6. The van der Waals surface area contributed by atoms with Crippen molar-refractivity contribution in [1.82, 2.24) is 19.6 Å². The molecule has 0 spiro atoms. The second-order valence-corrected chi connectivity index (χ2v) is 8.97. The van der Waals surface area contributed by atoms with Crippen LogP contribution in [0.4, 0.5) is 0 Å². The van der Waals surface area contributed by atoms with Gasteiger partial charge in [-0.3, -0.25) is 19.2 Å². The molecule has 4 amide bonds. The van der Waals surface area contributed by atoms with Crippen molar-refractivity contribution < 1.29 is 19.2 Å². The van der Waals surface area contributed by atoms with E-state index in [9.17, 15) is 19.2 Å². The van der Waals surface area contributed by atoms with Crippen LogP contribution in [0.3, 0.4) is 0 Å². The van der Waals surface area contributed by atoms with Gasteiger partial charge in [0.15, 0.2) is 0 Å². The molecule has 8 nitrogen and oxygen atoms in total. The van der Waals surface area contributed by atoms with Gasteiger partial charge >= 0.3 is 0 Å². The molecule has 0 bridgehead atoms. The molecule has 0 unspecified atom stereocenters. The molecule has 0 fully saturated rings. The standard InChI is InChI=1S/C18H26N2O2.C16H22N2O2/c1-7-11-19(17(21)15(3)4)13-9-10-14-20(12-8-2)18(22)16(5)6;1-5-11-17(15(19)7-3)13-9-10-14-18(12-6-2)16(20)8-4/h7-10H,1-3,5,11-14H2,4,6H3;5-10H,1-4,11-14H2/b2*10-9+. The molecule has 0 aliphatic rings. The number of amides is 4. The Morgan fingerprint density at radius 3 is 0.905 bits per heavy atom. The maximum Gasteiger partial charge on any atom is 0.249 e. The van der Waals surface area contributed by atoms with Crippen LogP contribution in [0.25, 0.3) is 0 Å². The van der Waals surface area contributed by atoms with E-state index in [0.717, 1.165) is 0 Å². The molecular formula is C34H48N4O4. The number of carbonyl (C=O) groups is 4. The zero-order valence-electron chi connectivity index (χ0n) is 25.5. The third-order valence-electron chi connectivity index (χ3n) is 5.31. The molecule has 0 aromatic carbocycles. The summed E-state index contributed by atoms with van der Waals surface area (Å²) in [4.78, 5) is 53.3. The summed E-state index contributed by atoms with van der Waals surface area (Å²) in [6, 6.07) is 0.